The Hall–Kier alpha value is -2.04. The van der Waals surface area contributed by atoms with Crippen molar-refractivity contribution < 1.29 is 9.59 Å². The standard InChI is InChI=1S/C17H25N3O2/c1-12(2)15(16(21)18-13-10-6-7-11-13)20-17(22)19-14-8-4-3-5-9-14/h3-5,8-9,12-13,15H,6-7,10-11H2,1-2H3,(H,18,21)(H2,19,20,22)/t15-/m1/s1. The van der Waals surface area contributed by atoms with Crippen LogP contribution in [0.3, 0.4) is 0 Å². The van der Waals surface area contributed by atoms with Crippen molar-refractivity contribution in [3.63, 3.8) is 0 Å². The van der Waals surface area contributed by atoms with Crippen LogP contribution < -0.4 is 16.0 Å². The fourth-order valence-electron chi connectivity index (χ4n) is 2.73. The fourth-order valence-corrected chi connectivity index (χ4v) is 2.73. The maximum Gasteiger partial charge on any atom is 0.319 e. The van der Waals surface area contributed by atoms with E-state index >= 15 is 0 Å². The Morgan fingerprint density at radius 1 is 1.09 bits per heavy atom. The first kappa shape index (κ1) is 16.3. The summed E-state index contributed by atoms with van der Waals surface area (Å²) in [5.41, 5.74) is 0.707. The number of rotatable bonds is 5. The third kappa shape index (κ3) is 4.76. The van der Waals surface area contributed by atoms with Gasteiger partial charge in [0.2, 0.25) is 5.91 Å². The van der Waals surface area contributed by atoms with E-state index in [1.807, 2.05) is 44.2 Å². The highest BCUT2D eigenvalue weighted by atomic mass is 16.2. The topological polar surface area (TPSA) is 70.2 Å². The summed E-state index contributed by atoms with van der Waals surface area (Å²) in [5, 5.41) is 8.57. The minimum Gasteiger partial charge on any atom is -0.352 e. The monoisotopic (exact) mass is 303 g/mol. The molecule has 1 saturated carbocycles. The van der Waals surface area contributed by atoms with Crippen LogP contribution in [0, 0.1) is 5.92 Å². The molecule has 120 valence electrons. The van der Waals surface area contributed by atoms with Crippen molar-refractivity contribution in [1.82, 2.24) is 10.6 Å². The van der Waals surface area contributed by atoms with E-state index in [1.165, 1.54) is 12.8 Å². The molecule has 1 aromatic rings. The van der Waals surface area contributed by atoms with Gasteiger partial charge in [0.15, 0.2) is 0 Å². The molecule has 0 spiro atoms. The lowest BCUT2D eigenvalue weighted by atomic mass is 10.0. The van der Waals surface area contributed by atoms with Crippen molar-refractivity contribution in [3.8, 4) is 0 Å². The summed E-state index contributed by atoms with van der Waals surface area (Å²) < 4.78 is 0. The lowest BCUT2D eigenvalue weighted by molar-refractivity contribution is -0.124. The molecular formula is C17H25N3O2. The van der Waals surface area contributed by atoms with Gasteiger partial charge in [0.1, 0.15) is 6.04 Å². The Morgan fingerprint density at radius 2 is 1.73 bits per heavy atom. The van der Waals surface area contributed by atoms with E-state index in [-0.39, 0.29) is 23.9 Å². The molecular weight excluding hydrogens is 278 g/mol. The molecule has 0 heterocycles. The molecule has 0 aliphatic heterocycles. The van der Waals surface area contributed by atoms with E-state index in [0.29, 0.717) is 5.69 Å². The second-order valence-corrected chi connectivity index (χ2v) is 6.18. The molecule has 0 unspecified atom stereocenters. The van der Waals surface area contributed by atoms with Gasteiger partial charge < -0.3 is 16.0 Å². The number of amides is 3. The number of anilines is 1. The average molecular weight is 303 g/mol. The van der Waals surface area contributed by atoms with Crippen molar-refractivity contribution in [1.29, 1.82) is 0 Å². The minimum atomic E-state index is -0.524. The fraction of sp³-hybridized carbons (Fsp3) is 0.529. The molecule has 1 aromatic carbocycles. The van der Waals surface area contributed by atoms with Gasteiger partial charge >= 0.3 is 6.03 Å². The van der Waals surface area contributed by atoms with Gasteiger partial charge in [-0.25, -0.2) is 4.79 Å². The molecule has 5 heteroatoms. The summed E-state index contributed by atoms with van der Waals surface area (Å²) in [6.45, 7) is 3.86. The highest BCUT2D eigenvalue weighted by molar-refractivity contribution is 5.93. The zero-order valence-electron chi connectivity index (χ0n) is 13.3. The summed E-state index contributed by atoms with van der Waals surface area (Å²) in [6, 6.07) is 8.58. The summed E-state index contributed by atoms with van der Waals surface area (Å²) >= 11 is 0. The molecule has 0 saturated heterocycles. The number of benzene rings is 1. The van der Waals surface area contributed by atoms with Crippen molar-refractivity contribution >= 4 is 17.6 Å². The average Bonchev–Trinajstić information content (AvgIpc) is 2.98. The third-order valence-electron chi connectivity index (χ3n) is 3.97. The first-order valence-corrected chi connectivity index (χ1v) is 7.99. The predicted octanol–water partition coefficient (Wildman–Crippen LogP) is 2.89. The summed E-state index contributed by atoms with van der Waals surface area (Å²) in [6.07, 6.45) is 4.40. The van der Waals surface area contributed by atoms with Crippen molar-refractivity contribution in [2.24, 2.45) is 5.92 Å². The zero-order valence-corrected chi connectivity index (χ0v) is 13.3. The van der Waals surface area contributed by atoms with Gasteiger partial charge in [-0.1, -0.05) is 44.9 Å². The van der Waals surface area contributed by atoms with E-state index in [4.69, 9.17) is 0 Å². The predicted molar refractivity (Wildman–Crippen MR) is 87.6 cm³/mol. The highest BCUT2D eigenvalue weighted by Crippen LogP contribution is 2.18. The molecule has 1 aliphatic rings. The minimum absolute atomic E-state index is 0.0305. The van der Waals surface area contributed by atoms with Gasteiger partial charge in [-0.05, 0) is 30.9 Å². The van der Waals surface area contributed by atoms with E-state index in [0.717, 1.165) is 12.8 Å². The van der Waals surface area contributed by atoms with Crippen LogP contribution in [0.25, 0.3) is 0 Å². The summed E-state index contributed by atoms with van der Waals surface area (Å²) in [5.74, 6) is -0.0620. The summed E-state index contributed by atoms with van der Waals surface area (Å²) in [4.78, 5) is 24.4. The molecule has 3 amide bonds. The van der Waals surface area contributed by atoms with E-state index < -0.39 is 6.04 Å². The molecule has 1 aliphatic carbocycles. The molecule has 1 fully saturated rings. The van der Waals surface area contributed by atoms with Gasteiger partial charge in [-0.3, -0.25) is 4.79 Å². The van der Waals surface area contributed by atoms with Crippen LogP contribution in [0.4, 0.5) is 10.5 Å². The lowest BCUT2D eigenvalue weighted by Gasteiger charge is -2.24. The van der Waals surface area contributed by atoms with Crippen molar-refractivity contribution in [3.05, 3.63) is 30.3 Å². The van der Waals surface area contributed by atoms with Crippen LogP contribution in [-0.2, 0) is 4.79 Å². The SMILES string of the molecule is CC(C)[C@@H](NC(=O)Nc1ccccc1)C(=O)NC1CCCC1. The second kappa shape index (κ2) is 7.82. The van der Waals surface area contributed by atoms with E-state index in [1.54, 1.807) is 0 Å². The van der Waals surface area contributed by atoms with Gasteiger partial charge in [-0.15, -0.1) is 0 Å². The molecule has 2 rings (SSSR count). The number of hydrogen-bond acceptors (Lipinski definition) is 2. The first-order chi connectivity index (χ1) is 10.6. The number of hydrogen-bond donors (Lipinski definition) is 3. The first-order valence-electron chi connectivity index (χ1n) is 7.99. The molecule has 3 N–H and O–H groups in total. The van der Waals surface area contributed by atoms with Crippen LogP contribution in [0.1, 0.15) is 39.5 Å². The molecule has 22 heavy (non-hydrogen) atoms. The van der Waals surface area contributed by atoms with Crippen LogP contribution in [-0.4, -0.2) is 24.0 Å². The van der Waals surface area contributed by atoms with Crippen LogP contribution in [0.5, 0.6) is 0 Å². The van der Waals surface area contributed by atoms with Gasteiger partial charge in [-0.2, -0.15) is 0 Å². The third-order valence-corrected chi connectivity index (χ3v) is 3.97. The molecule has 0 aromatic heterocycles. The number of carbonyl (C=O) groups excluding carboxylic acids is 2. The van der Waals surface area contributed by atoms with E-state index in [2.05, 4.69) is 16.0 Å². The highest BCUT2D eigenvalue weighted by Gasteiger charge is 2.27. The normalized spacial score (nSPS) is 16.3. The number of para-hydroxylation sites is 1. The number of urea groups is 1. The van der Waals surface area contributed by atoms with Gasteiger partial charge in [0.05, 0.1) is 0 Å². The zero-order chi connectivity index (χ0) is 15.9. The molecule has 1 atom stereocenters. The Labute approximate surface area is 131 Å². The molecule has 0 bridgehead atoms. The smallest absolute Gasteiger partial charge is 0.319 e. The summed E-state index contributed by atoms with van der Waals surface area (Å²) in [7, 11) is 0. The molecule has 0 radical (unpaired) electrons. The Bertz CT molecular complexity index is 496. The van der Waals surface area contributed by atoms with Crippen molar-refractivity contribution in [2.75, 3.05) is 5.32 Å². The van der Waals surface area contributed by atoms with Crippen LogP contribution in [0.2, 0.25) is 0 Å². The van der Waals surface area contributed by atoms with Crippen molar-refractivity contribution in [2.45, 2.75) is 51.6 Å². The van der Waals surface area contributed by atoms with Gasteiger partial charge in [0.25, 0.3) is 0 Å². The molecule has 5 nitrogen and oxygen atoms in total. The second-order valence-electron chi connectivity index (χ2n) is 6.18. The Kier molecular flexibility index (Phi) is 5.81. The van der Waals surface area contributed by atoms with Gasteiger partial charge in [0, 0.05) is 11.7 Å². The Balaban J connectivity index is 1.90. The van der Waals surface area contributed by atoms with E-state index in [9.17, 15) is 9.59 Å². The maximum absolute atomic E-state index is 12.4. The number of carbonyl (C=O) groups is 2. The maximum atomic E-state index is 12.4. The van der Waals surface area contributed by atoms with Crippen LogP contribution in [0.15, 0.2) is 30.3 Å². The Morgan fingerprint density at radius 3 is 2.32 bits per heavy atom. The van der Waals surface area contributed by atoms with Crippen LogP contribution >= 0.6 is 0 Å². The lowest BCUT2D eigenvalue weighted by Crippen LogP contribution is -2.52. The number of nitrogens with one attached hydrogen (secondary N) is 3. The largest absolute Gasteiger partial charge is 0.352 e. The quantitative estimate of drug-likeness (QED) is 0.783.